The first-order chi connectivity index (χ1) is 13.1. The first-order valence-electron chi connectivity index (χ1n) is 8.63. The summed E-state index contributed by atoms with van der Waals surface area (Å²) in [6.45, 7) is 3.98. The molecule has 0 atom stereocenters. The van der Waals surface area contributed by atoms with E-state index in [0.29, 0.717) is 5.69 Å². The number of H-pyrrole nitrogens is 1. The molecule has 2 aromatic carbocycles. The van der Waals surface area contributed by atoms with Crippen LogP contribution in [0.5, 0.6) is 0 Å². The number of hydrogen-bond acceptors (Lipinski definition) is 4. The number of aromatic amines is 1. The fourth-order valence-corrected chi connectivity index (χ4v) is 3.31. The molecule has 0 radical (unpaired) electrons. The van der Waals surface area contributed by atoms with Crippen LogP contribution in [0, 0.1) is 5.82 Å². The summed E-state index contributed by atoms with van der Waals surface area (Å²) in [6.07, 6.45) is 0. The van der Waals surface area contributed by atoms with Gasteiger partial charge in [-0.1, -0.05) is 11.6 Å². The molecule has 1 aliphatic rings. The summed E-state index contributed by atoms with van der Waals surface area (Å²) in [5.41, 5.74) is 2.49. The second-order valence-corrected chi connectivity index (χ2v) is 6.79. The highest BCUT2D eigenvalue weighted by Crippen LogP contribution is 2.21. The highest BCUT2D eigenvalue weighted by atomic mass is 35.5. The quantitative estimate of drug-likeness (QED) is 0.718. The molecule has 1 aliphatic heterocycles. The first-order valence-corrected chi connectivity index (χ1v) is 9.01. The van der Waals surface area contributed by atoms with Gasteiger partial charge in [0.2, 0.25) is 0 Å². The Morgan fingerprint density at radius 1 is 1.26 bits per heavy atom. The number of fused-ring (bicyclic) bond motifs is 1. The van der Waals surface area contributed by atoms with Crippen molar-refractivity contribution in [3.8, 4) is 0 Å². The SMILES string of the molecule is O=C(Nc1ccc2nc(CN3CCOCC3)[nH]c2c1)c1ccc(F)cc1Cl. The molecule has 2 heterocycles. The Hall–Kier alpha value is -2.48. The number of ether oxygens (including phenoxy) is 1. The lowest BCUT2D eigenvalue weighted by Gasteiger charge is -2.25. The Balaban J connectivity index is 1.50. The van der Waals surface area contributed by atoms with E-state index in [1.807, 2.05) is 12.1 Å². The van der Waals surface area contributed by atoms with E-state index in [1.165, 1.54) is 12.1 Å². The maximum Gasteiger partial charge on any atom is 0.257 e. The number of halogens is 2. The smallest absolute Gasteiger partial charge is 0.257 e. The summed E-state index contributed by atoms with van der Waals surface area (Å²) in [5, 5.41) is 2.85. The highest BCUT2D eigenvalue weighted by Gasteiger charge is 2.14. The van der Waals surface area contributed by atoms with Crippen molar-refractivity contribution in [1.29, 1.82) is 0 Å². The van der Waals surface area contributed by atoms with Gasteiger partial charge in [-0.15, -0.1) is 0 Å². The van der Waals surface area contributed by atoms with Crippen molar-refractivity contribution in [2.24, 2.45) is 0 Å². The standard InChI is InChI=1S/C19H18ClFN4O2/c20-15-9-12(21)1-3-14(15)19(26)22-13-2-4-16-17(10-13)24-18(23-16)11-25-5-7-27-8-6-25/h1-4,9-10H,5-8,11H2,(H,22,26)(H,23,24). The molecule has 0 aliphatic carbocycles. The van der Waals surface area contributed by atoms with Gasteiger partial charge in [-0.05, 0) is 36.4 Å². The Morgan fingerprint density at radius 2 is 2.07 bits per heavy atom. The zero-order chi connectivity index (χ0) is 18.8. The largest absolute Gasteiger partial charge is 0.379 e. The van der Waals surface area contributed by atoms with Crippen molar-refractivity contribution in [2.45, 2.75) is 6.54 Å². The number of morpholine rings is 1. The fourth-order valence-electron chi connectivity index (χ4n) is 3.06. The Kier molecular flexibility index (Phi) is 5.07. The summed E-state index contributed by atoms with van der Waals surface area (Å²) >= 11 is 5.95. The minimum atomic E-state index is -0.483. The molecular weight excluding hydrogens is 371 g/mol. The average molecular weight is 389 g/mol. The van der Waals surface area contributed by atoms with E-state index in [2.05, 4.69) is 20.2 Å². The zero-order valence-corrected chi connectivity index (χ0v) is 15.2. The van der Waals surface area contributed by atoms with Gasteiger partial charge in [0.25, 0.3) is 5.91 Å². The number of aromatic nitrogens is 2. The summed E-state index contributed by atoms with van der Waals surface area (Å²) in [7, 11) is 0. The molecule has 1 amide bonds. The predicted molar refractivity (Wildman–Crippen MR) is 102 cm³/mol. The van der Waals surface area contributed by atoms with Gasteiger partial charge in [0.1, 0.15) is 11.6 Å². The molecule has 27 heavy (non-hydrogen) atoms. The number of amides is 1. The van der Waals surface area contributed by atoms with Gasteiger partial charge in [0, 0.05) is 18.8 Å². The van der Waals surface area contributed by atoms with Gasteiger partial charge in [-0.2, -0.15) is 0 Å². The van der Waals surface area contributed by atoms with E-state index < -0.39 is 11.7 Å². The van der Waals surface area contributed by atoms with E-state index >= 15 is 0 Å². The topological polar surface area (TPSA) is 70.2 Å². The minimum Gasteiger partial charge on any atom is -0.379 e. The molecule has 8 heteroatoms. The van der Waals surface area contributed by atoms with Crippen LogP contribution in [0.2, 0.25) is 5.02 Å². The average Bonchev–Trinajstić information content (AvgIpc) is 3.04. The third-order valence-electron chi connectivity index (χ3n) is 4.44. The number of carbonyl (C=O) groups excluding carboxylic acids is 1. The van der Waals surface area contributed by atoms with Crippen LogP contribution < -0.4 is 5.32 Å². The third kappa shape index (κ3) is 4.10. The van der Waals surface area contributed by atoms with Crippen molar-refractivity contribution in [3.63, 3.8) is 0 Å². The molecule has 140 valence electrons. The van der Waals surface area contributed by atoms with Gasteiger partial charge in [-0.25, -0.2) is 9.37 Å². The van der Waals surface area contributed by atoms with E-state index in [-0.39, 0.29) is 10.6 Å². The van der Waals surface area contributed by atoms with Crippen molar-refractivity contribution in [1.82, 2.24) is 14.9 Å². The Bertz CT molecular complexity index is 985. The molecule has 0 bridgehead atoms. The van der Waals surface area contributed by atoms with Crippen LogP contribution in [0.1, 0.15) is 16.2 Å². The molecule has 1 aromatic heterocycles. The molecular formula is C19H18ClFN4O2. The summed E-state index contributed by atoms with van der Waals surface area (Å²) in [4.78, 5) is 22.6. The maximum atomic E-state index is 13.1. The van der Waals surface area contributed by atoms with Gasteiger partial charge < -0.3 is 15.0 Å². The lowest BCUT2D eigenvalue weighted by atomic mass is 10.2. The fraction of sp³-hybridized carbons (Fsp3) is 0.263. The molecule has 0 saturated carbocycles. The molecule has 0 unspecified atom stereocenters. The number of nitrogens with zero attached hydrogens (tertiary/aromatic N) is 2. The van der Waals surface area contributed by atoms with E-state index in [0.717, 1.165) is 55.8 Å². The van der Waals surface area contributed by atoms with E-state index in [1.54, 1.807) is 6.07 Å². The number of anilines is 1. The molecule has 3 aromatic rings. The van der Waals surface area contributed by atoms with Gasteiger partial charge >= 0.3 is 0 Å². The van der Waals surface area contributed by atoms with Crippen LogP contribution in [0.3, 0.4) is 0 Å². The van der Waals surface area contributed by atoms with Crippen LogP contribution in [0.25, 0.3) is 11.0 Å². The van der Waals surface area contributed by atoms with E-state index in [4.69, 9.17) is 16.3 Å². The highest BCUT2D eigenvalue weighted by molar-refractivity contribution is 6.34. The minimum absolute atomic E-state index is 0.0721. The number of imidazole rings is 1. The lowest BCUT2D eigenvalue weighted by molar-refractivity contribution is 0.0332. The Labute approximate surface area is 160 Å². The van der Waals surface area contributed by atoms with Gasteiger partial charge in [0.05, 0.1) is 41.4 Å². The van der Waals surface area contributed by atoms with Gasteiger partial charge in [-0.3, -0.25) is 9.69 Å². The van der Waals surface area contributed by atoms with E-state index in [9.17, 15) is 9.18 Å². The number of rotatable bonds is 4. The molecule has 6 nitrogen and oxygen atoms in total. The monoisotopic (exact) mass is 388 g/mol. The molecule has 4 rings (SSSR count). The number of benzene rings is 2. The lowest BCUT2D eigenvalue weighted by Crippen LogP contribution is -2.35. The predicted octanol–water partition coefficient (Wildman–Crippen LogP) is 3.44. The summed E-state index contributed by atoms with van der Waals surface area (Å²) in [6, 6.07) is 9.12. The second kappa shape index (κ2) is 7.64. The second-order valence-electron chi connectivity index (χ2n) is 6.38. The zero-order valence-electron chi connectivity index (χ0n) is 14.5. The molecule has 1 saturated heterocycles. The van der Waals surface area contributed by atoms with Crippen molar-refractivity contribution < 1.29 is 13.9 Å². The summed E-state index contributed by atoms with van der Waals surface area (Å²) in [5.74, 6) is -0.00686. The van der Waals surface area contributed by atoms with Gasteiger partial charge in [0.15, 0.2) is 0 Å². The summed E-state index contributed by atoms with van der Waals surface area (Å²) < 4.78 is 18.5. The van der Waals surface area contributed by atoms with Crippen molar-refractivity contribution in [2.75, 3.05) is 31.6 Å². The normalized spacial score (nSPS) is 15.2. The van der Waals surface area contributed by atoms with Crippen LogP contribution >= 0.6 is 11.6 Å². The number of carbonyl (C=O) groups is 1. The number of nitrogens with one attached hydrogen (secondary N) is 2. The Morgan fingerprint density at radius 3 is 2.85 bits per heavy atom. The van der Waals surface area contributed by atoms with Crippen molar-refractivity contribution in [3.05, 3.63) is 58.6 Å². The number of hydrogen-bond donors (Lipinski definition) is 2. The maximum absolute atomic E-state index is 13.1. The van der Waals surface area contributed by atoms with Crippen LogP contribution in [-0.2, 0) is 11.3 Å². The molecule has 0 spiro atoms. The first kappa shape index (κ1) is 17.9. The van der Waals surface area contributed by atoms with Crippen LogP contribution in [0.4, 0.5) is 10.1 Å². The molecule has 2 N–H and O–H groups in total. The third-order valence-corrected chi connectivity index (χ3v) is 4.75. The van der Waals surface area contributed by atoms with Crippen molar-refractivity contribution >= 4 is 34.2 Å². The molecule has 1 fully saturated rings. The van der Waals surface area contributed by atoms with Crippen LogP contribution in [-0.4, -0.2) is 47.1 Å². The van der Waals surface area contributed by atoms with Crippen LogP contribution in [0.15, 0.2) is 36.4 Å².